The first kappa shape index (κ1) is 20.7. The molecule has 5 rings (SSSR count). The second-order valence-corrected chi connectivity index (χ2v) is 9.84. The number of nitrogens with one attached hydrogen (secondary N) is 2. The molecule has 0 unspecified atom stereocenters. The van der Waals surface area contributed by atoms with E-state index in [1.807, 2.05) is 25.1 Å². The van der Waals surface area contributed by atoms with Gasteiger partial charge in [-0.3, -0.25) is 34.0 Å². The Labute approximate surface area is 191 Å². The summed E-state index contributed by atoms with van der Waals surface area (Å²) in [5.74, 6) is -2.17. The van der Waals surface area contributed by atoms with Crippen LogP contribution in [0.25, 0.3) is 0 Å². The van der Waals surface area contributed by atoms with E-state index in [-0.39, 0.29) is 29.1 Å². The number of rotatable bonds is 4. The van der Waals surface area contributed by atoms with Crippen molar-refractivity contribution in [1.29, 1.82) is 0 Å². The lowest BCUT2D eigenvalue weighted by Gasteiger charge is -2.30. The number of thiazole rings is 1. The molecule has 4 heterocycles. The standard InChI is InChI=1S/C22H18N4O4S2/c1-11-4-6-13(7-5-11)24-14(27)10-26-21-18(32-22(26)30)15(12-3-2-8-23-9-12)16-17(31-21)20(29)25-19(16)28/h2-9,15-17H,10H2,1H3,(H,24,27)(H,25,28,29)/t15-,16+,17-/m0/s1. The summed E-state index contributed by atoms with van der Waals surface area (Å²) in [6.45, 7) is 1.77. The summed E-state index contributed by atoms with van der Waals surface area (Å²) < 4.78 is 1.39. The van der Waals surface area contributed by atoms with Gasteiger partial charge in [-0.15, -0.1) is 0 Å². The fourth-order valence-electron chi connectivity index (χ4n) is 4.08. The van der Waals surface area contributed by atoms with Gasteiger partial charge < -0.3 is 5.32 Å². The number of pyridine rings is 1. The Bertz CT molecular complexity index is 1280. The summed E-state index contributed by atoms with van der Waals surface area (Å²) in [4.78, 5) is 55.2. The van der Waals surface area contributed by atoms with Crippen LogP contribution in [0.5, 0.6) is 0 Å². The second-order valence-electron chi connectivity index (χ2n) is 7.72. The van der Waals surface area contributed by atoms with E-state index in [0.717, 1.165) is 22.5 Å². The van der Waals surface area contributed by atoms with Gasteiger partial charge in [0.15, 0.2) is 0 Å². The number of aromatic nitrogens is 2. The minimum Gasteiger partial charge on any atom is -0.325 e. The van der Waals surface area contributed by atoms with E-state index in [9.17, 15) is 19.2 Å². The first-order valence-electron chi connectivity index (χ1n) is 9.93. The maximum atomic E-state index is 12.9. The summed E-state index contributed by atoms with van der Waals surface area (Å²) in [7, 11) is 0. The highest BCUT2D eigenvalue weighted by Gasteiger charge is 2.52. The van der Waals surface area contributed by atoms with Crippen molar-refractivity contribution in [3.63, 3.8) is 0 Å². The van der Waals surface area contributed by atoms with Gasteiger partial charge in [0, 0.05) is 28.9 Å². The van der Waals surface area contributed by atoms with E-state index in [1.165, 1.54) is 16.3 Å². The van der Waals surface area contributed by atoms with Gasteiger partial charge in [0.25, 0.3) is 0 Å². The minimum absolute atomic E-state index is 0.182. The molecule has 162 valence electrons. The topological polar surface area (TPSA) is 110 Å². The zero-order chi connectivity index (χ0) is 22.4. The zero-order valence-electron chi connectivity index (χ0n) is 16.9. The summed E-state index contributed by atoms with van der Waals surface area (Å²) in [5.41, 5.74) is 2.47. The summed E-state index contributed by atoms with van der Waals surface area (Å²) >= 11 is 2.19. The van der Waals surface area contributed by atoms with Crippen molar-refractivity contribution in [3.05, 3.63) is 74.5 Å². The molecule has 2 N–H and O–H groups in total. The lowest BCUT2D eigenvalue weighted by Crippen LogP contribution is -2.32. The zero-order valence-corrected chi connectivity index (χ0v) is 18.5. The number of carbonyl (C=O) groups excluding carboxylic acids is 3. The molecular weight excluding hydrogens is 448 g/mol. The highest BCUT2D eigenvalue weighted by molar-refractivity contribution is 8.00. The number of nitrogens with zero attached hydrogens (tertiary/aromatic N) is 2. The van der Waals surface area contributed by atoms with Crippen LogP contribution in [-0.2, 0) is 20.9 Å². The van der Waals surface area contributed by atoms with Crippen LogP contribution < -0.4 is 15.5 Å². The van der Waals surface area contributed by atoms with Gasteiger partial charge in [-0.1, -0.05) is 46.9 Å². The van der Waals surface area contributed by atoms with Gasteiger partial charge in [-0.25, -0.2) is 0 Å². The average molecular weight is 467 g/mol. The quantitative estimate of drug-likeness (QED) is 0.570. The lowest BCUT2D eigenvalue weighted by molar-refractivity contribution is -0.126. The normalized spacial score (nSPS) is 21.6. The molecular formula is C22H18N4O4S2. The van der Waals surface area contributed by atoms with Gasteiger partial charge in [-0.2, -0.15) is 0 Å². The number of carbonyl (C=O) groups is 3. The molecule has 2 aliphatic rings. The smallest absolute Gasteiger partial charge is 0.308 e. The first-order valence-corrected chi connectivity index (χ1v) is 11.6. The van der Waals surface area contributed by atoms with Crippen LogP contribution in [0.1, 0.15) is 21.9 Å². The molecule has 2 aliphatic heterocycles. The van der Waals surface area contributed by atoms with Crippen molar-refractivity contribution in [1.82, 2.24) is 14.9 Å². The third-order valence-electron chi connectivity index (χ3n) is 5.57. The Balaban J connectivity index is 1.52. The number of hydrogen-bond acceptors (Lipinski definition) is 7. The Morgan fingerprint density at radius 3 is 2.66 bits per heavy atom. The van der Waals surface area contributed by atoms with Gasteiger partial charge in [0.05, 0.1) is 10.9 Å². The Morgan fingerprint density at radius 2 is 1.94 bits per heavy atom. The van der Waals surface area contributed by atoms with Gasteiger partial charge >= 0.3 is 4.87 Å². The molecule has 2 aromatic heterocycles. The van der Waals surface area contributed by atoms with Gasteiger partial charge in [0.1, 0.15) is 11.8 Å². The average Bonchev–Trinajstić information content (AvgIpc) is 3.24. The number of imide groups is 1. The number of hydrogen-bond donors (Lipinski definition) is 2. The number of benzene rings is 1. The molecule has 1 fully saturated rings. The van der Waals surface area contributed by atoms with Crippen LogP contribution in [0.2, 0.25) is 0 Å². The molecule has 3 atom stereocenters. The van der Waals surface area contributed by atoms with E-state index < -0.39 is 17.1 Å². The molecule has 32 heavy (non-hydrogen) atoms. The summed E-state index contributed by atoms with van der Waals surface area (Å²) in [6.07, 6.45) is 3.28. The molecule has 10 heteroatoms. The predicted molar refractivity (Wildman–Crippen MR) is 121 cm³/mol. The number of aryl methyl sites for hydroxylation is 1. The maximum Gasteiger partial charge on any atom is 0.308 e. The molecule has 0 saturated carbocycles. The number of fused-ring (bicyclic) bond motifs is 2. The van der Waals surface area contributed by atoms with Crippen molar-refractivity contribution in [2.75, 3.05) is 5.32 Å². The van der Waals surface area contributed by atoms with Crippen molar-refractivity contribution in [3.8, 4) is 0 Å². The fourth-order valence-corrected chi connectivity index (χ4v) is 6.82. The van der Waals surface area contributed by atoms with Crippen LogP contribution >= 0.6 is 23.1 Å². The summed E-state index contributed by atoms with van der Waals surface area (Å²) in [5, 5.41) is 5.10. The Hall–Kier alpha value is -3.24. The monoisotopic (exact) mass is 466 g/mol. The molecule has 0 spiro atoms. The first-order chi connectivity index (χ1) is 15.4. The predicted octanol–water partition coefficient (Wildman–Crippen LogP) is 2.13. The molecule has 0 bridgehead atoms. The minimum atomic E-state index is -0.666. The SMILES string of the molecule is Cc1ccc(NC(=O)Cn2c3c(sc2=O)[C@@H](c2cccnc2)[C@H]2C(=O)NC(=O)[C@H]2S3)cc1. The van der Waals surface area contributed by atoms with Crippen LogP contribution in [0.4, 0.5) is 5.69 Å². The molecule has 8 nitrogen and oxygen atoms in total. The van der Waals surface area contributed by atoms with E-state index in [2.05, 4.69) is 15.6 Å². The van der Waals surface area contributed by atoms with Crippen LogP contribution in [0.3, 0.4) is 0 Å². The van der Waals surface area contributed by atoms with Crippen molar-refractivity contribution in [2.24, 2.45) is 5.92 Å². The van der Waals surface area contributed by atoms with E-state index in [1.54, 1.807) is 30.6 Å². The van der Waals surface area contributed by atoms with Crippen molar-refractivity contribution < 1.29 is 14.4 Å². The molecule has 0 aliphatic carbocycles. The third kappa shape index (κ3) is 3.55. The fraction of sp³-hybridized carbons (Fsp3) is 0.227. The largest absolute Gasteiger partial charge is 0.325 e. The third-order valence-corrected chi connectivity index (χ3v) is 8.18. The lowest BCUT2D eigenvalue weighted by atomic mass is 9.84. The second kappa shape index (κ2) is 8.03. The Kier molecular flexibility index (Phi) is 5.18. The van der Waals surface area contributed by atoms with Gasteiger partial charge in [-0.05, 0) is 30.7 Å². The van der Waals surface area contributed by atoms with Crippen LogP contribution in [-0.4, -0.2) is 32.5 Å². The molecule has 3 amide bonds. The number of amides is 3. The van der Waals surface area contributed by atoms with E-state index in [0.29, 0.717) is 15.6 Å². The van der Waals surface area contributed by atoms with Crippen LogP contribution in [0.15, 0.2) is 58.6 Å². The van der Waals surface area contributed by atoms with Crippen molar-refractivity contribution in [2.45, 2.75) is 29.7 Å². The number of thioether (sulfide) groups is 1. The molecule has 0 radical (unpaired) electrons. The van der Waals surface area contributed by atoms with Crippen molar-refractivity contribution >= 4 is 46.5 Å². The Morgan fingerprint density at radius 1 is 1.16 bits per heavy atom. The molecule has 3 aromatic rings. The highest BCUT2D eigenvalue weighted by Crippen LogP contribution is 2.51. The van der Waals surface area contributed by atoms with E-state index >= 15 is 0 Å². The molecule has 1 aromatic carbocycles. The van der Waals surface area contributed by atoms with Crippen LogP contribution in [0, 0.1) is 12.8 Å². The highest BCUT2D eigenvalue weighted by atomic mass is 32.2. The van der Waals surface area contributed by atoms with E-state index in [4.69, 9.17) is 0 Å². The number of anilines is 1. The summed E-state index contributed by atoms with van der Waals surface area (Å²) in [6, 6.07) is 11.0. The molecule has 1 saturated heterocycles. The van der Waals surface area contributed by atoms with Gasteiger partial charge in [0.2, 0.25) is 17.7 Å². The maximum absolute atomic E-state index is 12.9.